The summed E-state index contributed by atoms with van der Waals surface area (Å²) in [5.74, 6) is 0. The smallest absolute Gasteiger partial charge is 0.0873 e. The quantitative estimate of drug-likeness (QED) is 0.408. The Morgan fingerprint density at radius 1 is 1.25 bits per heavy atom. The van der Waals surface area contributed by atoms with Gasteiger partial charge in [-0.2, -0.15) is 0 Å². The van der Waals surface area contributed by atoms with Crippen molar-refractivity contribution in [2.24, 2.45) is 0 Å². The van der Waals surface area contributed by atoms with Crippen LogP contribution < -0.4 is 0 Å². The van der Waals surface area contributed by atoms with Gasteiger partial charge in [-0.05, 0) is 18.9 Å². The summed E-state index contributed by atoms with van der Waals surface area (Å²) in [5, 5.41) is 10.00. The lowest BCUT2D eigenvalue weighted by molar-refractivity contribution is 0.196. The van der Waals surface area contributed by atoms with Crippen molar-refractivity contribution in [1.82, 2.24) is 0 Å². The maximum absolute atomic E-state index is 10.00. The summed E-state index contributed by atoms with van der Waals surface area (Å²) in [5.41, 5.74) is 0. The molecule has 0 aromatic carbocycles. The van der Waals surface area contributed by atoms with Gasteiger partial charge in [-0.3, -0.25) is 0 Å². The molecule has 0 N–H and O–H groups in total. The third-order valence-electron chi connectivity index (χ3n) is 1.59. The van der Waals surface area contributed by atoms with E-state index in [0.29, 0.717) is 6.42 Å². The highest BCUT2D eigenvalue weighted by atomic mass is 16.5. The Balaban J connectivity index is 2.90. The molecule has 12 heavy (non-hydrogen) atoms. The predicted octanol–water partition coefficient (Wildman–Crippen LogP) is 2.92. The third kappa shape index (κ3) is 9.50. The van der Waals surface area contributed by atoms with Crippen molar-refractivity contribution in [2.75, 3.05) is 13.2 Å². The molecule has 0 spiro atoms. The minimum atomic E-state index is -0.0459. The van der Waals surface area contributed by atoms with E-state index in [2.05, 4.69) is 6.92 Å². The second-order valence-electron chi connectivity index (χ2n) is 2.80. The lowest BCUT2D eigenvalue weighted by Gasteiger charge is -1.99. The molecule has 0 aliphatic carbocycles. The van der Waals surface area contributed by atoms with Crippen LogP contribution in [0, 0.1) is 0 Å². The number of hydrogen-bond donors (Lipinski definition) is 0. The molecule has 0 aromatic heterocycles. The van der Waals surface area contributed by atoms with Gasteiger partial charge in [0.15, 0.2) is 0 Å². The summed E-state index contributed by atoms with van der Waals surface area (Å²) in [6.45, 7) is 2.93. The van der Waals surface area contributed by atoms with Crippen LogP contribution in [0.1, 0.15) is 39.0 Å². The largest absolute Gasteiger partial charge is 0.502 e. The maximum Gasteiger partial charge on any atom is 0.0873 e. The molecule has 0 saturated carbocycles. The summed E-state index contributed by atoms with van der Waals surface area (Å²) >= 11 is 0. The normalized spacial score (nSPS) is 10.8. The van der Waals surface area contributed by atoms with Crippen LogP contribution in [0.2, 0.25) is 0 Å². The highest BCUT2D eigenvalue weighted by Crippen LogP contribution is 1.98. The Labute approximate surface area is 75.2 Å². The van der Waals surface area contributed by atoms with E-state index in [-0.39, 0.29) is 6.61 Å². The van der Waals surface area contributed by atoms with Crippen molar-refractivity contribution in [1.29, 1.82) is 0 Å². The first-order valence-electron chi connectivity index (χ1n) is 4.76. The van der Waals surface area contributed by atoms with E-state index < -0.39 is 0 Å². The van der Waals surface area contributed by atoms with Crippen LogP contribution in [0.25, 0.3) is 0 Å². The summed E-state index contributed by atoms with van der Waals surface area (Å²) < 4.78 is 5.16. The molecule has 0 aliphatic heterocycles. The molecule has 0 unspecified atom stereocenters. The number of unbranched alkanes of at least 4 members (excludes halogenated alkanes) is 3. The fourth-order valence-corrected chi connectivity index (χ4v) is 0.884. The Kier molecular flexibility index (Phi) is 10.1. The van der Waals surface area contributed by atoms with Crippen LogP contribution in [0.15, 0.2) is 12.3 Å². The average Bonchev–Trinajstić information content (AvgIpc) is 2.10. The second-order valence-corrected chi connectivity index (χ2v) is 2.80. The third-order valence-corrected chi connectivity index (χ3v) is 1.59. The topological polar surface area (TPSA) is 29.1 Å². The monoisotopic (exact) mass is 171 g/mol. The molecule has 1 radical (unpaired) electrons. The zero-order valence-corrected chi connectivity index (χ0v) is 7.92. The van der Waals surface area contributed by atoms with Gasteiger partial charge >= 0.3 is 0 Å². The summed E-state index contributed by atoms with van der Waals surface area (Å²) in [7, 11) is 0. The van der Waals surface area contributed by atoms with E-state index in [1.165, 1.54) is 19.3 Å². The van der Waals surface area contributed by atoms with Crippen LogP contribution in [0.4, 0.5) is 0 Å². The summed E-state index contributed by atoms with van der Waals surface area (Å²) in [6, 6.07) is 0. The molecular formula is C10H19O2. The van der Waals surface area contributed by atoms with Crippen molar-refractivity contribution in [2.45, 2.75) is 39.0 Å². The van der Waals surface area contributed by atoms with E-state index in [9.17, 15) is 5.11 Å². The minimum absolute atomic E-state index is 0.0459. The van der Waals surface area contributed by atoms with Crippen LogP contribution in [0.5, 0.6) is 0 Å². The van der Waals surface area contributed by atoms with Gasteiger partial charge in [0.05, 0.1) is 19.5 Å². The standard InChI is InChI=1S/C10H19O2/c1-2-3-4-6-9-12-10-7-5-8-11/h7,10H,2-6,8-9H2,1H3. The lowest BCUT2D eigenvalue weighted by atomic mass is 10.2. The first kappa shape index (κ1) is 11.5. The van der Waals surface area contributed by atoms with Gasteiger partial charge in [0.1, 0.15) is 0 Å². The van der Waals surface area contributed by atoms with Crippen LogP contribution in [0.3, 0.4) is 0 Å². The van der Waals surface area contributed by atoms with Crippen molar-refractivity contribution in [3.8, 4) is 0 Å². The Morgan fingerprint density at radius 3 is 2.75 bits per heavy atom. The van der Waals surface area contributed by atoms with E-state index >= 15 is 0 Å². The van der Waals surface area contributed by atoms with Crippen molar-refractivity contribution < 1.29 is 9.84 Å². The first-order valence-corrected chi connectivity index (χ1v) is 4.76. The Morgan fingerprint density at radius 2 is 2.08 bits per heavy atom. The highest BCUT2D eigenvalue weighted by Gasteiger charge is 1.85. The van der Waals surface area contributed by atoms with Crippen molar-refractivity contribution in [3.05, 3.63) is 12.3 Å². The molecule has 0 rings (SSSR count). The van der Waals surface area contributed by atoms with Crippen LogP contribution in [-0.4, -0.2) is 13.2 Å². The summed E-state index contributed by atoms with van der Waals surface area (Å²) in [6.07, 6.45) is 8.91. The molecule has 0 atom stereocenters. The zero-order valence-electron chi connectivity index (χ0n) is 7.92. The number of rotatable bonds is 8. The molecule has 0 heterocycles. The Hall–Kier alpha value is -0.500. The van der Waals surface area contributed by atoms with Gasteiger partial charge < -0.3 is 4.74 Å². The molecule has 0 aromatic rings. The van der Waals surface area contributed by atoms with E-state index in [1.54, 1.807) is 12.3 Å². The predicted molar refractivity (Wildman–Crippen MR) is 49.4 cm³/mol. The molecule has 71 valence electrons. The van der Waals surface area contributed by atoms with E-state index in [4.69, 9.17) is 4.74 Å². The van der Waals surface area contributed by atoms with Crippen LogP contribution in [-0.2, 0) is 9.84 Å². The molecule has 2 nitrogen and oxygen atoms in total. The van der Waals surface area contributed by atoms with Gasteiger partial charge in [-0.15, -0.1) is 0 Å². The molecule has 0 aliphatic rings. The molecule has 0 bridgehead atoms. The zero-order chi connectivity index (χ0) is 9.07. The fourth-order valence-electron chi connectivity index (χ4n) is 0.884. The van der Waals surface area contributed by atoms with Gasteiger partial charge in [0.25, 0.3) is 0 Å². The van der Waals surface area contributed by atoms with Gasteiger partial charge in [-0.1, -0.05) is 26.2 Å². The average molecular weight is 171 g/mol. The van der Waals surface area contributed by atoms with Gasteiger partial charge in [0, 0.05) is 0 Å². The fraction of sp³-hybridized carbons (Fsp3) is 0.800. The number of ether oxygens (including phenoxy) is 1. The Bertz CT molecular complexity index is 100. The van der Waals surface area contributed by atoms with Gasteiger partial charge in [0.2, 0.25) is 0 Å². The molecule has 0 saturated heterocycles. The minimum Gasteiger partial charge on any atom is -0.502 e. The van der Waals surface area contributed by atoms with Crippen molar-refractivity contribution >= 4 is 0 Å². The molecule has 0 fully saturated rings. The molecule has 0 amide bonds. The maximum atomic E-state index is 10.00. The van der Waals surface area contributed by atoms with E-state index in [0.717, 1.165) is 13.0 Å². The molecular weight excluding hydrogens is 152 g/mol. The van der Waals surface area contributed by atoms with Crippen molar-refractivity contribution in [3.63, 3.8) is 0 Å². The lowest BCUT2D eigenvalue weighted by Crippen LogP contribution is -1.87. The van der Waals surface area contributed by atoms with E-state index in [1.807, 2.05) is 0 Å². The van der Waals surface area contributed by atoms with Gasteiger partial charge in [-0.25, -0.2) is 5.11 Å². The molecule has 2 heteroatoms. The SMILES string of the molecule is CCCCCCOC=CCC[O]. The highest BCUT2D eigenvalue weighted by molar-refractivity contribution is 4.72. The van der Waals surface area contributed by atoms with Crippen LogP contribution >= 0.6 is 0 Å². The summed E-state index contributed by atoms with van der Waals surface area (Å²) in [4.78, 5) is 0. The second kappa shape index (κ2) is 10.5. The number of hydrogen-bond acceptors (Lipinski definition) is 1. The first-order chi connectivity index (χ1) is 5.91.